The molecule has 1 aromatic carbocycles. The molecule has 3 rings (SSSR count). The second-order valence-corrected chi connectivity index (χ2v) is 6.59. The molecule has 110 valence electrons. The average Bonchev–Trinajstić information content (AvgIpc) is 2.48. The maximum Gasteiger partial charge on any atom is 0.0707 e. The monoisotopic (exact) mass is 273 g/mol. The zero-order valence-corrected chi connectivity index (χ0v) is 12.4. The lowest BCUT2D eigenvalue weighted by Gasteiger charge is -2.44. The van der Waals surface area contributed by atoms with Crippen LogP contribution in [0.25, 0.3) is 0 Å². The van der Waals surface area contributed by atoms with E-state index >= 15 is 0 Å². The van der Waals surface area contributed by atoms with Gasteiger partial charge in [-0.3, -0.25) is 4.90 Å². The molecule has 3 atom stereocenters. The van der Waals surface area contributed by atoms with Gasteiger partial charge in [-0.05, 0) is 50.1 Å². The molecule has 20 heavy (non-hydrogen) atoms. The van der Waals surface area contributed by atoms with Crippen molar-refractivity contribution in [2.75, 3.05) is 13.1 Å². The van der Waals surface area contributed by atoms with Gasteiger partial charge >= 0.3 is 0 Å². The standard InChI is InChI=1S/C18H27NO/c20-17(13-15-7-2-1-3-8-15)14-19-12-6-10-16-9-4-5-11-18(16)19/h1-3,7-8,16-18,20H,4-6,9-14H2. The van der Waals surface area contributed by atoms with Crippen LogP contribution in [-0.4, -0.2) is 35.2 Å². The first-order chi connectivity index (χ1) is 9.83. The Bertz CT molecular complexity index is 403. The normalized spacial score (nSPS) is 28.9. The van der Waals surface area contributed by atoms with Crippen LogP contribution in [0.4, 0.5) is 0 Å². The summed E-state index contributed by atoms with van der Waals surface area (Å²) in [5.41, 5.74) is 1.25. The third kappa shape index (κ3) is 3.42. The first-order valence-corrected chi connectivity index (χ1v) is 8.29. The molecule has 0 spiro atoms. The maximum absolute atomic E-state index is 10.4. The number of aliphatic hydroxyl groups excluding tert-OH is 1. The maximum atomic E-state index is 10.4. The summed E-state index contributed by atoms with van der Waals surface area (Å²) in [5.74, 6) is 0.904. The number of hydrogen-bond donors (Lipinski definition) is 1. The van der Waals surface area contributed by atoms with E-state index in [-0.39, 0.29) is 6.10 Å². The SMILES string of the molecule is OC(Cc1ccccc1)CN1CCCC2CCCCC21. The number of benzene rings is 1. The van der Waals surface area contributed by atoms with Crippen LogP contribution >= 0.6 is 0 Å². The first-order valence-electron chi connectivity index (χ1n) is 8.29. The highest BCUT2D eigenvalue weighted by atomic mass is 16.3. The Morgan fingerprint density at radius 3 is 2.65 bits per heavy atom. The molecule has 1 N–H and O–H groups in total. The molecule has 1 saturated heterocycles. The van der Waals surface area contributed by atoms with Gasteiger partial charge in [0, 0.05) is 12.6 Å². The van der Waals surface area contributed by atoms with Gasteiger partial charge in [-0.2, -0.15) is 0 Å². The van der Waals surface area contributed by atoms with Crippen LogP contribution in [0.5, 0.6) is 0 Å². The van der Waals surface area contributed by atoms with Crippen molar-refractivity contribution in [2.24, 2.45) is 5.92 Å². The Morgan fingerprint density at radius 2 is 1.80 bits per heavy atom. The van der Waals surface area contributed by atoms with Crippen LogP contribution in [0.3, 0.4) is 0 Å². The minimum atomic E-state index is -0.224. The number of aliphatic hydroxyl groups is 1. The minimum absolute atomic E-state index is 0.224. The molecule has 0 bridgehead atoms. The number of β-amino-alcohol motifs (C(OH)–C–C–N with tert-alkyl or cyclic N) is 1. The van der Waals surface area contributed by atoms with Gasteiger partial charge in [-0.25, -0.2) is 0 Å². The van der Waals surface area contributed by atoms with Crippen molar-refractivity contribution in [3.8, 4) is 0 Å². The molecule has 2 nitrogen and oxygen atoms in total. The van der Waals surface area contributed by atoms with E-state index in [9.17, 15) is 5.11 Å². The van der Waals surface area contributed by atoms with E-state index in [1.165, 1.54) is 50.6 Å². The second-order valence-electron chi connectivity index (χ2n) is 6.59. The summed E-state index contributed by atoms with van der Waals surface area (Å²) < 4.78 is 0. The molecular formula is C18H27NO. The van der Waals surface area contributed by atoms with Gasteiger partial charge in [-0.15, -0.1) is 0 Å². The third-order valence-electron chi connectivity index (χ3n) is 5.12. The molecule has 3 unspecified atom stereocenters. The second kappa shape index (κ2) is 6.73. The third-order valence-corrected chi connectivity index (χ3v) is 5.12. The van der Waals surface area contributed by atoms with Gasteiger partial charge in [0.1, 0.15) is 0 Å². The van der Waals surface area contributed by atoms with Crippen molar-refractivity contribution in [1.29, 1.82) is 0 Å². The lowest BCUT2D eigenvalue weighted by Crippen LogP contribution is -2.49. The molecule has 2 fully saturated rings. The number of fused-ring (bicyclic) bond motifs is 1. The predicted octanol–water partition coefficient (Wildman–Crippen LogP) is 3.24. The Morgan fingerprint density at radius 1 is 1.05 bits per heavy atom. The van der Waals surface area contributed by atoms with E-state index in [0.29, 0.717) is 0 Å². The smallest absolute Gasteiger partial charge is 0.0707 e. The topological polar surface area (TPSA) is 23.5 Å². The molecule has 2 heteroatoms. The summed E-state index contributed by atoms with van der Waals surface area (Å²) in [4.78, 5) is 2.58. The summed E-state index contributed by atoms with van der Waals surface area (Å²) in [6.07, 6.45) is 8.86. The lowest BCUT2D eigenvalue weighted by molar-refractivity contribution is 0.0212. The van der Waals surface area contributed by atoms with Crippen molar-refractivity contribution in [3.05, 3.63) is 35.9 Å². The van der Waals surface area contributed by atoms with Gasteiger partial charge in [0.05, 0.1) is 6.10 Å². The van der Waals surface area contributed by atoms with Crippen molar-refractivity contribution in [2.45, 2.75) is 57.1 Å². The molecule has 1 heterocycles. The zero-order chi connectivity index (χ0) is 13.8. The van der Waals surface area contributed by atoms with Gasteiger partial charge in [0.25, 0.3) is 0 Å². The number of likely N-dealkylation sites (tertiary alicyclic amines) is 1. The van der Waals surface area contributed by atoms with Gasteiger partial charge in [-0.1, -0.05) is 43.2 Å². The highest BCUT2D eigenvalue weighted by molar-refractivity contribution is 5.15. The summed E-state index contributed by atoms with van der Waals surface area (Å²) in [6, 6.07) is 11.1. The summed E-state index contributed by atoms with van der Waals surface area (Å²) in [5, 5.41) is 10.4. The van der Waals surface area contributed by atoms with Crippen LogP contribution < -0.4 is 0 Å². The molecule has 0 radical (unpaired) electrons. The summed E-state index contributed by atoms with van der Waals surface area (Å²) in [7, 11) is 0. The highest BCUT2D eigenvalue weighted by Gasteiger charge is 2.33. The zero-order valence-electron chi connectivity index (χ0n) is 12.4. The Balaban J connectivity index is 1.56. The molecule has 0 amide bonds. The quantitative estimate of drug-likeness (QED) is 0.910. The molecule has 1 saturated carbocycles. The van der Waals surface area contributed by atoms with Crippen LogP contribution in [0, 0.1) is 5.92 Å². The van der Waals surface area contributed by atoms with Crippen molar-refractivity contribution >= 4 is 0 Å². The summed E-state index contributed by atoms with van der Waals surface area (Å²) in [6.45, 7) is 2.04. The van der Waals surface area contributed by atoms with Crippen LogP contribution in [0.1, 0.15) is 44.1 Å². The number of piperidine rings is 1. The van der Waals surface area contributed by atoms with E-state index in [1.54, 1.807) is 0 Å². The Labute approximate surface area is 122 Å². The fourth-order valence-electron chi connectivity index (χ4n) is 4.18. The average molecular weight is 273 g/mol. The highest BCUT2D eigenvalue weighted by Crippen LogP contribution is 2.35. The summed E-state index contributed by atoms with van der Waals surface area (Å²) >= 11 is 0. The Kier molecular flexibility index (Phi) is 4.74. The van der Waals surface area contributed by atoms with Crippen molar-refractivity contribution in [3.63, 3.8) is 0 Å². The van der Waals surface area contributed by atoms with Crippen molar-refractivity contribution in [1.82, 2.24) is 4.90 Å². The molecule has 1 aliphatic carbocycles. The molecule has 1 aromatic rings. The lowest BCUT2D eigenvalue weighted by atomic mass is 9.78. The predicted molar refractivity (Wildman–Crippen MR) is 82.7 cm³/mol. The van der Waals surface area contributed by atoms with E-state index in [1.807, 2.05) is 6.07 Å². The molecular weight excluding hydrogens is 246 g/mol. The number of rotatable bonds is 4. The van der Waals surface area contributed by atoms with E-state index in [4.69, 9.17) is 0 Å². The van der Waals surface area contributed by atoms with Crippen LogP contribution in [0.15, 0.2) is 30.3 Å². The first kappa shape index (κ1) is 14.1. The molecule has 1 aliphatic heterocycles. The van der Waals surface area contributed by atoms with Gasteiger partial charge in [0.15, 0.2) is 0 Å². The Hall–Kier alpha value is -0.860. The fourth-order valence-corrected chi connectivity index (χ4v) is 4.18. The van der Waals surface area contributed by atoms with Gasteiger partial charge in [0.2, 0.25) is 0 Å². The van der Waals surface area contributed by atoms with Crippen LogP contribution in [0.2, 0.25) is 0 Å². The van der Waals surface area contributed by atoms with E-state index in [2.05, 4.69) is 29.2 Å². The van der Waals surface area contributed by atoms with Gasteiger partial charge < -0.3 is 5.11 Å². The molecule has 0 aromatic heterocycles. The van der Waals surface area contributed by atoms with E-state index in [0.717, 1.165) is 24.9 Å². The van der Waals surface area contributed by atoms with Crippen LogP contribution in [-0.2, 0) is 6.42 Å². The molecule has 2 aliphatic rings. The fraction of sp³-hybridized carbons (Fsp3) is 0.667. The number of hydrogen-bond acceptors (Lipinski definition) is 2. The van der Waals surface area contributed by atoms with E-state index < -0.39 is 0 Å². The minimum Gasteiger partial charge on any atom is -0.391 e. The number of nitrogens with zero attached hydrogens (tertiary/aromatic N) is 1. The van der Waals surface area contributed by atoms with Crippen molar-refractivity contribution < 1.29 is 5.11 Å². The largest absolute Gasteiger partial charge is 0.391 e.